The van der Waals surface area contributed by atoms with Crippen molar-refractivity contribution in [2.45, 2.75) is 11.8 Å². The van der Waals surface area contributed by atoms with E-state index in [2.05, 4.69) is 26.2 Å². The maximum Gasteiger partial charge on any atom is 0.241 e. The number of hydrogen-bond acceptors (Lipinski definition) is 4. The highest BCUT2D eigenvalue weighted by Crippen LogP contribution is 2.25. The van der Waals surface area contributed by atoms with E-state index >= 15 is 0 Å². The number of sulfonamides is 1. The summed E-state index contributed by atoms with van der Waals surface area (Å²) in [5.41, 5.74) is 1.77. The number of nitrogens with one attached hydrogen (secondary N) is 1. The number of aryl methyl sites for hydroxylation is 1. The lowest BCUT2D eigenvalue weighted by Crippen LogP contribution is -2.14. The van der Waals surface area contributed by atoms with Crippen LogP contribution in [-0.2, 0) is 10.0 Å². The van der Waals surface area contributed by atoms with Gasteiger partial charge in [-0.25, -0.2) is 18.5 Å². The van der Waals surface area contributed by atoms with E-state index in [-0.39, 0.29) is 10.7 Å². The Bertz CT molecular complexity index is 717. The monoisotopic (exact) mass is 341 g/mol. The van der Waals surface area contributed by atoms with Crippen LogP contribution < -0.4 is 10.5 Å². The minimum absolute atomic E-state index is 0.0319. The van der Waals surface area contributed by atoms with E-state index < -0.39 is 10.0 Å². The van der Waals surface area contributed by atoms with Crippen LogP contribution in [0.1, 0.15) is 5.56 Å². The first-order valence-corrected chi connectivity index (χ1v) is 7.73. The molecule has 1 aromatic heterocycles. The number of nitrogens with two attached hydrogens (primary N) is 1. The van der Waals surface area contributed by atoms with Crippen molar-refractivity contribution in [3.8, 4) is 0 Å². The molecule has 100 valence electrons. The van der Waals surface area contributed by atoms with Crippen LogP contribution in [0.5, 0.6) is 0 Å². The summed E-state index contributed by atoms with van der Waals surface area (Å²) in [6.07, 6.45) is 1.50. The van der Waals surface area contributed by atoms with Crippen LogP contribution in [0.3, 0.4) is 0 Å². The van der Waals surface area contributed by atoms with Crippen molar-refractivity contribution >= 4 is 37.5 Å². The van der Waals surface area contributed by atoms with Gasteiger partial charge in [0.15, 0.2) is 5.82 Å². The summed E-state index contributed by atoms with van der Waals surface area (Å²) >= 11 is 3.40. The minimum atomic E-state index is -3.81. The van der Waals surface area contributed by atoms with E-state index in [1.807, 2.05) is 25.1 Å². The standard InChI is InChI=1S/C12H12BrN3O2S/c1-8-7-9(4-5-10(8)13)16-12-11(19(14,17)18)3-2-6-15-12/h2-7H,1H3,(H,15,16)(H2,14,17,18). The lowest BCUT2D eigenvalue weighted by molar-refractivity contribution is 0.598. The van der Waals surface area contributed by atoms with E-state index in [4.69, 9.17) is 5.14 Å². The summed E-state index contributed by atoms with van der Waals surface area (Å²) in [6, 6.07) is 8.51. The molecule has 2 aromatic rings. The first-order valence-electron chi connectivity index (χ1n) is 5.39. The Labute approximate surface area is 120 Å². The van der Waals surface area contributed by atoms with Crippen LogP contribution in [0.2, 0.25) is 0 Å². The lowest BCUT2D eigenvalue weighted by Gasteiger charge is -2.10. The van der Waals surface area contributed by atoms with E-state index in [1.165, 1.54) is 18.3 Å². The predicted molar refractivity (Wildman–Crippen MR) is 77.8 cm³/mol. The van der Waals surface area contributed by atoms with E-state index in [0.717, 1.165) is 15.7 Å². The van der Waals surface area contributed by atoms with Crippen molar-refractivity contribution in [2.75, 3.05) is 5.32 Å². The molecule has 3 N–H and O–H groups in total. The Hall–Kier alpha value is -1.44. The fourth-order valence-electron chi connectivity index (χ4n) is 1.57. The Morgan fingerprint density at radius 3 is 2.68 bits per heavy atom. The van der Waals surface area contributed by atoms with Gasteiger partial charge in [0.25, 0.3) is 0 Å². The second kappa shape index (κ2) is 5.28. The van der Waals surface area contributed by atoms with Crippen LogP contribution in [0.4, 0.5) is 11.5 Å². The molecule has 0 radical (unpaired) electrons. The number of rotatable bonds is 3. The smallest absolute Gasteiger partial charge is 0.241 e. The molecule has 0 unspecified atom stereocenters. The molecule has 0 aliphatic heterocycles. The van der Waals surface area contributed by atoms with Crippen LogP contribution in [-0.4, -0.2) is 13.4 Å². The second-order valence-corrected chi connectivity index (χ2v) is 6.37. The van der Waals surface area contributed by atoms with Gasteiger partial charge in [0.1, 0.15) is 4.90 Å². The van der Waals surface area contributed by atoms with E-state index in [9.17, 15) is 8.42 Å². The van der Waals surface area contributed by atoms with E-state index in [0.29, 0.717) is 0 Å². The maximum atomic E-state index is 11.5. The molecular weight excluding hydrogens is 330 g/mol. The van der Waals surface area contributed by atoms with Gasteiger partial charge in [0.05, 0.1) is 0 Å². The Balaban J connectivity index is 2.41. The van der Waals surface area contributed by atoms with Gasteiger partial charge in [-0.2, -0.15) is 0 Å². The van der Waals surface area contributed by atoms with Gasteiger partial charge in [-0.15, -0.1) is 0 Å². The number of pyridine rings is 1. The number of anilines is 2. The zero-order chi connectivity index (χ0) is 14.0. The van der Waals surface area contributed by atoms with Crippen LogP contribution in [0, 0.1) is 6.92 Å². The minimum Gasteiger partial charge on any atom is -0.339 e. The van der Waals surface area contributed by atoms with Crippen molar-refractivity contribution in [3.05, 3.63) is 46.6 Å². The molecule has 0 saturated carbocycles. The van der Waals surface area contributed by atoms with Gasteiger partial charge < -0.3 is 5.32 Å². The first-order chi connectivity index (χ1) is 8.88. The van der Waals surface area contributed by atoms with Gasteiger partial charge in [0, 0.05) is 16.4 Å². The average Bonchev–Trinajstić information content (AvgIpc) is 2.33. The van der Waals surface area contributed by atoms with Gasteiger partial charge in [-0.1, -0.05) is 15.9 Å². The Kier molecular flexibility index (Phi) is 3.88. The van der Waals surface area contributed by atoms with Gasteiger partial charge in [-0.3, -0.25) is 0 Å². The molecule has 0 atom stereocenters. The Morgan fingerprint density at radius 2 is 2.05 bits per heavy atom. The molecule has 0 bridgehead atoms. The molecule has 0 aliphatic rings. The van der Waals surface area contributed by atoms with Crippen molar-refractivity contribution < 1.29 is 8.42 Å². The molecule has 5 nitrogen and oxygen atoms in total. The highest BCUT2D eigenvalue weighted by Gasteiger charge is 2.14. The highest BCUT2D eigenvalue weighted by molar-refractivity contribution is 9.10. The quantitative estimate of drug-likeness (QED) is 0.898. The molecular formula is C12H12BrN3O2S. The lowest BCUT2D eigenvalue weighted by atomic mass is 10.2. The van der Waals surface area contributed by atoms with E-state index in [1.54, 1.807) is 0 Å². The van der Waals surface area contributed by atoms with Crippen LogP contribution >= 0.6 is 15.9 Å². The maximum absolute atomic E-state index is 11.5. The van der Waals surface area contributed by atoms with Gasteiger partial charge in [-0.05, 0) is 42.8 Å². The number of primary sulfonamides is 1. The molecule has 19 heavy (non-hydrogen) atoms. The average molecular weight is 342 g/mol. The molecule has 0 saturated heterocycles. The second-order valence-electron chi connectivity index (χ2n) is 3.98. The summed E-state index contributed by atoms with van der Waals surface area (Å²) in [4.78, 5) is 3.98. The molecule has 7 heteroatoms. The first kappa shape index (κ1) is 14.0. The van der Waals surface area contributed by atoms with Crippen molar-refractivity contribution in [1.82, 2.24) is 4.98 Å². The molecule has 1 heterocycles. The summed E-state index contributed by atoms with van der Waals surface area (Å²) in [7, 11) is -3.81. The fourth-order valence-corrected chi connectivity index (χ4v) is 2.46. The summed E-state index contributed by atoms with van der Waals surface area (Å²) in [5, 5.41) is 8.11. The number of nitrogens with zero attached hydrogens (tertiary/aromatic N) is 1. The molecule has 0 aliphatic carbocycles. The topological polar surface area (TPSA) is 85.1 Å². The highest BCUT2D eigenvalue weighted by atomic mass is 79.9. The third kappa shape index (κ3) is 3.31. The van der Waals surface area contributed by atoms with Crippen LogP contribution in [0.15, 0.2) is 45.9 Å². The SMILES string of the molecule is Cc1cc(Nc2ncccc2S(N)(=O)=O)ccc1Br. The number of hydrogen-bond donors (Lipinski definition) is 2. The van der Waals surface area contributed by atoms with Crippen LogP contribution in [0.25, 0.3) is 0 Å². The normalized spacial score (nSPS) is 11.3. The van der Waals surface area contributed by atoms with Crippen molar-refractivity contribution in [1.29, 1.82) is 0 Å². The number of aromatic nitrogens is 1. The summed E-state index contributed by atoms with van der Waals surface area (Å²) in [6.45, 7) is 1.94. The molecule has 0 fully saturated rings. The Morgan fingerprint density at radius 1 is 1.32 bits per heavy atom. The predicted octanol–water partition coefficient (Wildman–Crippen LogP) is 2.54. The molecule has 0 spiro atoms. The zero-order valence-electron chi connectivity index (χ0n) is 10.1. The zero-order valence-corrected chi connectivity index (χ0v) is 12.5. The van der Waals surface area contributed by atoms with Crippen molar-refractivity contribution in [3.63, 3.8) is 0 Å². The molecule has 0 amide bonds. The van der Waals surface area contributed by atoms with Crippen molar-refractivity contribution in [2.24, 2.45) is 5.14 Å². The van der Waals surface area contributed by atoms with Gasteiger partial charge >= 0.3 is 0 Å². The molecule has 1 aromatic carbocycles. The molecule has 2 rings (SSSR count). The largest absolute Gasteiger partial charge is 0.339 e. The van der Waals surface area contributed by atoms with Gasteiger partial charge in [0.2, 0.25) is 10.0 Å². The third-order valence-electron chi connectivity index (χ3n) is 2.50. The fraction of sp³-hybridized carbons (Fsp3) is 0.0833. The number of halogens is 1. The summed E-state index contributed by atoms with van der Waals surface area (Å²) < 4.78 is 23.9. The summed E-state index contributed by atoms with van der Waals surface area (Å²) in [5.74, 6) is 0.215. The number of benzene rings is 1. The third-order valence-corrected chi connectivity index (χ3v) is 4.33.